The summed E-state index contributed by atoms with van der Waals surface area (Å²) in [4.78, 5) is 4.57. The van der Waals surface area contributed by atoms with Gasteiger partial charge in [-0.15, -0.1) is 0 Å². The number of methoxy groups -OCH3 is 1. The van der Waals surface area contributed by atoms with E-state index in [1.54, 1.807) is 7.11 Å². The van der Waals surface area contributed by atoms with Gasteiger partial charge in [-0.05, 0) is 59.7 Å². The van der Waals surface area contributed by atoms with Gasteiger partial charge in [0.2, 0.25) is 0 Å². The van der Waals surface area contributed by atoms with E-state index in [1.807, 2.05) is 24.4 Å². The largest absolute Gasteiger partial charge is 0.497 e. The highest BCUT2D eigenvalue weighted by atomic mass is 16.5. The Kier molecular flexibility index (Phi) is 3.58. The summed E-state index contributed by atoms with van der Waals surface area (Å²) in [6, 6.07) is 19.3. The summed E-state index contributed by atoms with van der Waals surface area (Å²) < 4.78 is 5.25. The summed E-state index contributed by atoms with van der Waals surface area (Å²) in [6.07, 6.45) is 4.95. The molecule has 0 saturated heterocycles. The van der Waals surface area contributed by atoms with Crippen LogP contribution in [0.25, 0.3) is 11.1 Å². The first kappa shape index (κ1) is 14.0. The van der Waals surface area contributed by atoms with Gasteiger partial charge in [0.1, 0.15) is 5.75 Å². The van der Waals surface area contributed by atoms with Crippen LogP contribution < -0.4 is 4.74 Å². The van der Waals surface area contributed by atoms with Crippen LogP contribution in [0.4, 0.5) is 0 Å². The zero-order valence-electron chi connectivity index (χ0n) is 13.3. The van der Waals surface area contributed by atoms with Crippen LogP contribution in [0.15, 0.2) is 60.8 Å². The molecule has 0 fully saturated rings. The molecule has 0 radical (unpaired) electrons. The van der Waals surface area contributed by atoms with Crippen LogP contribution >= 0.6 is 0 Å². The number of pyridine rings is 1. The molecule has 4 rings (SSSR count). The molecular weight excluding hydrogens is 282 g/mol. The van der Waals surface area contributed by atoms with E-state index >= 15 is 0 Å². The third kappa shape index (κ3) is 2.61. The Morgan fingerprint density at radius 2 is 1.83 bits per heavy atom. The van der Waals surface area contributed by atoms with E-state index in [4.69, 9.17) is 4.74 Å². The first-order valence-corrected chi connectivity index (χ1v) is 8.03. The van der Waals surface area contributed by atoms with Crippen molar-refractivity contribution in [2.75, 3.05) is 7.11 Å². The predicted molar refractivity (Wildman–Crippen MR) is 92.9 cm³/mol. The molecule has 1 aliphatic rings. The van der Waals surface area contributed by atoms with Gasteiger partial charge in [-0.3, -0.25) is 4.98 Å². The first-order valence-electron chi connectivity index (χ1n) is 8.03. The first-order chi connectivity index (χ1) is 11.3. The number of rotatable bonds is 3. The number of nitrogens with zero attached hydrogens (tertiary/aromatic N) is 1. The normalized spacial score (nSPS) is 12.4. The molecule has 0 bridgehead atoms. The Hall–Kier alpha value is -2.61. The zero-order valence-corrected chi connectivity index (χ0v) is 13.3. The number of aromatic nitrogens is 1. The van der Waals surface area contributed by atoms with E-state index in [1.165, 1.54) is 33.5 Å². The highest BCUT2D eigenvalue weighted by Crippen LogP contribution is 2.36. The zero-order chi connectivity index (χ0) is 15.6. The van der Waals surface area contributed by atoms with Gasteiger partial charge in [0.05, 0.1) is 7.11 Å². The van der Waals surface area contributed by atoms with Crippen molar-refractivity contribution in [1.29, 1.82) is 0 Å². The van der Waals surface area contributed by atoms with E-state index in [0.29, 0.717) is 0 Å². The number of ether oxygens (including phenoxy) is 1. The molecule has 0 amide bonds. The highest BCUT2D eigenvalue weighted by molar-refractivity contribution is 5.75. The quantitative estimate of drug-likeness (QED) is 0.713. The van der Waals surface area contributed by atoms with Crippen molar-refractivity contribution >= 4 is 0 Å². The lowest BCUT2D eigenvalue weighted by Gasteiger charge is -2.22. The van der Waals surface area contributed by atoms with E-state index in [9.17, 15) is 0 Å². The molecule has 2 heteroatoms. The summed E-state index contributed by atoms with van der Waals surface area (Å²) >= 11 is 0. The number of fused-ring (bicyclic) bond motifs is 3. The fourth-order valence-electron chi connectivity index (χ4n) is 3.44. The summed E-state index contributed by atoms with van der Waals surface area (Å²) in [5, 5.41) is 0. The smallest absolute Gasteiger partial charge is 0.118 e. The van der Waals surface area contributed by atoms with Crippen molar-refractivity contribution in [3.63, 3.8) is 0 Å². The molecule has 0 saturated carbocycles. The molecule has 23 heavy (non-hydrogen) atoms. The fraction of sp³-hybridized carbons (Fsp3) is 0.190. The fourth-order valence-corrected chi connectivity index (χ4v) is 3.44. The summed E-state index contributed by atoms with van der Waals surface area (Å²) in [5.41, 5.74) is 8.03. The van der Waals surface area contributed by atoms with Crippen molar-refractivity contribution < 1.29 is 4.74 Å². The van der Waals surface area contributed by atoms with E-state index < -0.39 is 0 Å². The Labute approximate surface area is 136 Å². The maximum Gasteiger partial charge on any atom is 0.118 e. The molecule has 0 aliphatic heterocycles. The maximum absolute atomic E-state index is 5.25. The Balaban J connectivity index is 1.76. The van der Waals surface area contributed by atoms with Crippen molar-refractivity contribution in [1.82, 2.24) is 4.98 Å². The minimum atomic E-state index is 0.901. The molecule has 114 valence electrons. The molecule has 1 aromatic heterocycles. The van der Waals surface area contributed by atoms with Gasteiger partial charge >= 0.3 is 0 Å². The number of aryl methyl sites for hydroxylation is 2. The van der Waals surface area contributed by atoms with Crippen molar-refractivity contribution in [2.45, 2.75) is 19.3 Å². The second kappa shape index (κ2) is 5.88. The minimum absolute atomic E-state index is 0.901. The van der Waals surface area contributed by atoms with Gasteiger partial charge < -0.3 is 4.74 Å². The standard InChI is InChI=1S/C21H19NO/c1-23-18-10-7-15(8-11-18)14-17-5-2-4-16-9-12-20-19(21(16)17)6-3-13-22-20/h2-8,10-11,13H,9,12,14H2,1H3. The van der Waals surface area contributed by atoms with Crippen LogP contribution in [0.1, 0.15) is 22.4 Å². The van der Waals surface area contributed by atoms with Crippen LogP contribution in [-0.4, -0.2) is 12.1 Å². The number of hydrogen-bond donors (Lipinski definition) is 0. The molecule has 0 N–H and O–H groups in total. The molecule has 0 unspecified atom stereocenters. The van der Waals surface area contributed by atoms with Gasteiger partial charge in [0.25, 0.3) is 0 Å². The van der Waals surface area contributed by atoms with Crippen LogP contribution in [0.5, 0.6) is 5.75 Å². The summed E-state index contributed by atoms with van der Waals surface area (Å²) in [6.45, 7) is 0. The Bertz CT molecular complexity index is 837. The average Bonchev–Trinajstić information content (AvgIpc) is 2.62. The molecule has 0 atom stereocenters. The SMILES string of the molecule is COc1ccc(Cc2cccc3c2-c2cccnc2CC3)cc1. The minimum Gasteiger partial charge on any atom is -0.497 e. The van der Waals surface area contributed by atoms with Crippen LogP contribution in [0.2, 0.25) is 0 Å². The Morgan fingerprint density at radius 1 is 0.957 bits per heavy atom. The topological polar surface area (TPSA) is 22.1 Å². The summed E-state index contributed by atoms with van der Waals surface area (Å²) in [7, 11) is 1.70. The second-order valence-corrected chi connectivity index (χ2v) is 5.97. The van der Waals surface area contributed by atoms with Crippen LogP contribution in [0, 0.1) is 0 Å². The van der Waals surface area contributed by atoms with E-state index in [2.05, 4.69) is 41.4 Å². The molecule has 2 nitrogen and oxygen atoms in total. The lowest BCUT2D eigenvalue weighted by molar-refractivity contribution is 0.414. The molecule has 0 spiro atoms. The van der Waals surface area contributed by atoms with Gasteiger partial charge in [-0.25, -0.2) is 0 Å². The molecule has 1 aliphatic carbocycles. The van der Waals surface area contributed by atoms with Gasteiger partial charge in [-0.1, -0.05) is 36.4 Å². The van der Waals surface area contributed by atoms with Crippen LogP contribution in [-0.2, 0) is 19.3 Å². The lowest BCUT2D eigenvalue weighted by atomic mass is 9.84. The van der Waals surface area contributed by atoms with Gasteiger partial charge in [-0.2, -0.15) is 0 Å². The number of hydrogen-bond acceptors (Lipinski definition) is 2. The lowest BCUT2D eigenvalue weighted by Crippen LogP contribution is -2.08. The van der Waals surface area contributed by atoms with Gasteiger partial charge in [0.15, 0.2) is 0 Å². The second-order valence-electron chi connectivity index (χ2n) is 5.97. The Morgan fingerprint density at radius 3 is 2.65 bits per heavy atom. The number of benzene rings is 2. The molecular formula is C21H19NO. The van der Waals surface area contributed by atoms with Gasteiger partial charge in [0, 0.05) is 17.5 Å². The van der Waals surface area contributed by atoms with E-state index in [0.717, 1.165) is 25.0 Å². The predicted octanol–water partition coefficient (Wildman–Crippen LogP) is 4.45. The third-order valence-corrected chi connectivity index (χ3v) is 4.58. The average molecular weight is 301 g/mol. The van der Waals surface area contributed by atoms with Crippen molar-refractivity contribution in [3.05, 3.63) is 83.2 Å². The maximum atomic E-state index is 5.25. The monoisotopic (exact) mass is 301 g/mol. The van der Waals surface area contributed by atoms with Crippen molar-refractivity contribution in [3.8, 4) is 16.9 Å². The van der Waals surface area contributed by atoms with Crippen molar-refractivity contribution in [2.24, 2.45) is 0 Å². The highest BCUT2D eigenvalue weighted by Gasteiger charge is 2.19. The van der Waals surface area contributed by atoms with E-state index in [-0.39, 0.29) is 0 Å². The van der Waals surface area contributed by atoms with Crippen LogP contribution in [0.3, 0.4) is 0 Å². The molecule has 1 heterocycles. The third-order valence-electron chi connectivity index (χ3n) is 4.58. The molecule has 2 aromatic carbocycles. The summed E-state index contributed by atoms with van der Waals surface area (Å²) in [5.74, 6) is 0.901. The molecule has 3 aromatic rings.